The Bertz CT molecular complexity index is 131. The molecule has 0 aliphatic heterocycles. The molecule has 0 aromatic heterocycles. The summed E-state index contributed by atoms with van der Waals surface area (Å²) >= 11 is 0. The molecule has 2 unspecified atom stereocenters. The summed E-state index contributed by atoms with van der Waals surface area (Å²) in [5, 5.41) is 3.54. The van der Waals surface area contributed by atoms with Crippen LogP contribution in [0.1, 0.15) is 59.3 Å². The molecule has 0 aromatic rings. The highest BCUT2D eigenvalue weighted by atomic mass is 14.8. The molecule has 2 heteroatoms. The third kappa shape index (κ3) is 9.17. The summed E-state index contributed by atoms with van der Waals surface area (Å²) in [6.07, 6.45) is 7.78. The SMILES string of the molecule is CCCC(CCN)CCCNCC(C)CC. The van der Waals surface area contributed by atoms with Crippen LogP contribution in [-0.2, 0) is 0 Å². The molecule has 0 aliphatic carbocycles. The van der Waals surface area contributed by atoms with E-state index >= 15 is 0 Å². The van der Waals surface area contributed by atoms with Crippen molar-refractivity contribution in [2.75, 3.05) is 19.6 Å². The van der Waals surface area contributed by atoms with E-state index in [1.54, 1.807) is 0 Å². The molecule has 0 aliphatic rings. The van der Waals surface area contributed by atoms with Crippen molar-refractivity contribution in [3.8, 4) is 0 Å². The van der Waals surface area contributed by atoms with Crippen molar-refractivity contribution in [1.82, 2.24) is 5.32 Å². The summed E-state index contributed by atoms with van der Waals surface area (Å²) in [5.41, 5.74) is 5.63. The maximum atomic E-state index is 5.63. The molecule has 0 radical (unpaired) electrons. The van der Waals surface area contributed by atoms with Crippen LogP contribution in [0.15, 0.2) is 0 Å². The van der Waals surface area contributed by atoms with Crippen molar-refractivity contribution in [3.05, 3.63) is 0 Å². The van der Waals surface area contributed by atoms with Gasteiger partial charge in [0, 0.05) is 0 Å². The minimum absolute atomic E-state index is 0.815. The minimum Gasteiger partial charge on any atom is -0.330 e. The molecule has 16 heavy (non-hydrogen) atoms. The quantitative estimate of drug-likeness (QED) is 0.533. The molecule has 0 bridgehead atoms. The third-order valence-corrected chi connectivity index (χ3v) is 3.43. The Kier molecular flexibility index (Phi) is 11.3. The van der Waals surface area contributed by atoms with Gasteiger partial charge in [-0.05, 0) is 50.7 Å². The van der Waals surface area contributed by atoms with Crippen LogP contribution in [0.5, 0.6) is 0 Å². The van der Waals surface area contributed by atoms with Crippen molar-refractivity contribution in [2.24, 2.45) is 17.6 Å². The monoisotopic (exact) mass is 228 g/mol. The Morgan fingerprint density at radius 1 is 1.12 bits per heavy atom. The second-order valence-electron chi connectivity index (χ2n) is 5.09. The smallest absolute Gasteiger partial charge is 0.00233 e. The van der Waals surface area contributed by atoms with Gasteiger partial charge < -0.3 is 11.1 Å². The lowest BCUT2D eigenvalue weighted by atomic mass is 9.94. The standard InChI is InChI=1S/C14H32N2/c1-4-7-14(9-10-15)8-6-11-16-12-13(3)5-2/h13-14,16H,4-12,15H2,1-3H3. The summed E-state index contributed by atoms with van der Waals surface area (Å²) < 4.78 is 0. The molecule has 0 fully saturated rings. The molecular weight excluding hydrogens is 196 g/mol. The van der Waals surface area contributed by atoms with E-state index in [9.17, 15) is 0 Å². The van der Waals surface area contributed by atoms with E-state index in [1.807, 2.05) is 0 Å². The number of hydrogen-bond donors (Lipinski definition) is 2. The zero-order chi connectivity index (χ0) is 12.2. The van der Waals surface area contributed by atoms with Crippen LogP contribution >= 0.6 is 0 Å². The van der Waals surface area contributed by atoms with Crippen molar-refractivity contribution in [3.63, 3.8) is 0 Å². The van der Waals surface area contributed by atoms with Gasteiger partial charge in [0.1, 0.15) is 0 Å². The zero-order valence-corrected chi connectivity index (χ0v) is 11.6. The fourth-order valence-corrected chi connectivity index (χ4v) is 2.09. The Labute approximate surface area is 102 Å². The molecule has 0 saturated carbocycles. The number of rotatable bonds is 11. The van der Waals surface area contributed by atoms with Crippen LogP contribution < -0.4 is 11.1 Å². The van der Waals surface area contributed by atoms with E-state index < -0.39 is 0 Å². The van der Waals surface area contributed by atoms with E-state index in [-0.39, 0.29) is 0 Å². The molecule has 0 amide bonds. The van der Waals surface area contributed by atoms with E-state index in [0.29, 0.717) is 0 Å². The maximum absolute atomic E-state index is 5.63. The second kappa shape index (κ2) is 11.4. The highest BCUT2D eigenvalue weighted by Crippen LogP contribution is 2.16. The van der Waals surface area contributed by atoms with Gasteiger partial charge in [-0.2, -0.15) is 0 Å². The number of nitrogens with one attached hydrogen (secondary N) is 1. The minimum atomic E-state index is 0.815. The van der Waals surface area contributed by atoms with Crippen LogP contribution in [0.4, 0.5) is 0 Å². The van der Waals surface area contributed by atoms with Crippen molar-refractivity contribution >= 4 is 0 Å². The molecular formula is C14H32N2. The topological polar surface area (TPSA) is 38.0 Å². The summed E-state index contributed by atoms with van der Waals surface area (Å²) in [4.78, 5) is 0. The average molecular weight is 228 g/mol. The van der Waals surface area contributed by atoms with Gasteiger partial charge in [0.25, 0.3) is 0 Å². The van der Waals surface area contributed by atoms with Crippen molar-refractivity contribution in [1.29, 1.82) is 0 Å². The summed E-state index contributed by atoms with van der Waals surface area (Å²) in [5.74, 6) is 1.68. The van der Waals surface area contributed by atoms with E-state index in [2.05, 4.69) is 26.1 Å². The molecule has 0 aromatic carbocycles. The largest absolute Gasteiger partial charge is 0.330 e. The third-order valence-electron chi connectivity index (χ3n) is 3.43. The van der Waals surface area contributed by atoms with Crippen LogP contribution in [0, 0.1) is 11.8 Å². The lowest BCUT2D eigenvalue weighted by Crippen LogP contribution is -2.22. The van der Waals surface area contributed by atoms with Crippen LogP contribution in [0.2, 0.25) is 0 Å². The highest BCUT2D eigenvalue weighted by Gasteiger charge is 2.06. The Morgan fingerprint density at radius 3 is 2.44 bits per heavy atom. The maximum Gasteiger partial charge on any atom is -0.00233 e. The fraction of sp³-hybridized carbons (Fsp3) is 1.00. The molecule has 2 atom stereocenters. The summed E-state index contributed by atoms with van der Waals surface area (Å²) in [7, 11) is 0. The average Bonchev–Trinajstić information content (AvgIpc) is 2.28. The normalized spacial score (nSPS) is 15.0. The zero-order valence-electron chi connectivity index (χ0n) is 11.6. The van der Waals surface area contributed by atoms with Crippen molar-refractivity contribution < 1.29 is 0 Å². The fourth-order valence-electron chi connectivity index (χ4n) is 2.09. The van der Waals surface area contributed by atoms with Gasteiger partial charge >= 0.3 is 0 Å². The lowest BCUT2D eigenvalue weighted by molar-refractivity contribution is 0.397. The van der Waals surface area contributed by atoms with Crippen molar-refractivity contribution in [2.45, 2.75) is 59.3 Å². The summed E-state index contributed by atoms with van der Waals surface area (Å²) in [6.45, 7) is 10.0. The first-order valence-corrected chi connectivity index (χ1v) is 7.15. The Balaban J connectivity index is 3.39. The number of hydrogen-bond acceptors (Lipinski definition) is 2. The van der Waals surface area contributed by atoms with Crippen LogP contribution in [0.3, 0.4) is 0 Å². The molecule has 2 nitrogen and oxygen atoms in total. The van der Waals surface area contributed by atoms with E-state index in [1.165, 1.54) is 51.6 Å². The first-order chi connectivity index (χ1) is 7.74. The predicted octanol–water partition coefficient (Wildman–Crippen LogP) is 3.17. The molecule has 98 valence electrons. The van der Waals surface area contributed by atoms with E-state index in [4.69, 9.17) is 5.73 Å². The van der Waals surface area contributed by atoms with Gasteiger partial charge in [0.2, 0.25) is 0 Å². The first-order valence-electron chi connectivity index (χ1n) is 7.15. The van der Waals surface area contributed by atoms with Crippen LogP contribution in [0.25, 0.3) is 0 Å². The van der Waals surface area contributed by atoms with E-state index in [0.717, 1.165) is 18.4 Å². The van der Waals surface area contributed by atoms with Gasteiger partial charge in [0.15, 0.2) is 0 Å². The summed E-state index contributed by atoms with van der Waals surface area (Å²) in [6, 6.07) is 0. The van der Waals surface area contributed by atoms with Crippen LogP contribution in [-0.4, -0.2) is 19.6 Å². The highest BCUT2D eigenvalue weighted by molar-refractivity contribution is 4.62. The predicted molar refractivity (Wildman–Crippen MR) is 73.6 cm³/mol. The van der Waals surface area contributed by atoms with Gasteiger partial charge in [-0.25, -0.2) is 0 Å². The van der Waals surface area contributed by atoms with Gasteiger partial charge in [-0.15, -0.1) is 0 Å². The Morgan fingerprint density at radius 2 is 1.88 bits per heavy atom. The van der Waals surface area contributed by atoms with Gasteiger partial charge in [0.05, 0.1) is 0 Å². The molecule has 0 heterocycles. The second-order valence-corrected chi connectivity index (χ2v) is 5.09. The molecule has 3 N–H and O–H groups in total. The molecule has 0 saturated heterocycles. The molecule has 0 rings (SSSR count). The lowest BCUT2D eigenvalue weighted by Gasteiger charge is -2.15. The molecule has 0 spiro atoms. The number of nitrogens with two attached hydrogens (primary N) is 1. The van der Waals surface area contributed by atoms with Gasteiger partial charge in [-0.3, -0.25) is 0 Å². The Hall–Kier alpha value is -0.0800. The first kappa shape index (κ1) is 15.9. The van der Waals surface area contributed by atoms with Gasteiger partial charge in [-0.1, -0.05) is 40.0 Å².